The van der Waals surface area contributed by atoms with Crippen LogP contribution in [-0.2, 0) is 12.8 Å². The van der Waals surface area contributed by atoms with Gasteiger partial charge in [0.15, 0.2) is 5.78 Å². The summed E-state index contributed by atoms with van der Waals surface area (Å²) in [7, 11) is 0. The lowest BCUT2D eigenvalue weighted by atomic mass is 9.92. The van der Waals surface area contributed by atoms with E-state index in [1.807, 2.05) is 19.1 Å². The van der Waals surface area contributed by atoms with Crippen LogP contribution >= 0.6 is 0 Å². The molecular formula is C19H22O. The smallest absolute Gasteiger partial charge is 0.193 e. The van der Waals surface area contributed by atoms with Crippen LogP contribution in [0.3, 0.4) is 0 Å². The van der Waals surface area contributed by atoms with E-state index in [0.717, 1.165) is 35.1 Å². The van der Waals surface area contributed by atoms with Gasteiger partial charge in [0, 0.05) is 11.1 Å². The highest BCUT2D eigenvalue weighted by Gasteiger charge is 2.15. The second-order valence-electron chi connectivity index (χ2n) is 5.35. The first-order chi connectivity index (χ1) is 9.56. The summed E-state index contributed by atoms with van der Waals surface area (Å²) < 4.78 is 0. The quantitative estimate of drug-likeness (QED) is 0.736. The molecule has 20 heavy (non-hydrogen) atoms. The standard InChI is InChI=1S/C19H22O/c1-5-15-8-9-16(6-2)18(12-15)19(20)17-10-7-13(3)11-14(17)4/h7-12H,5-6H2,1-4H3. The fourth-order valence-corrected chi connectivity index (χ4v) is 2.58. The molecule has 1 heteroatoms. The highest BCUT2D eigenvalue weighted by atomic mass is 16.1. The average molecular weight is 266 g/mol. The van der Waals surface area contributed by atoms with Gasteiger partial charge in [0.1, 0.15) is 0 Å². The summed E-state index contributed by atoms with van der Waals surface area (Å²) in [5, 5.41) is 0. The maximum absolute atomic E-state index is 12.8. The minimum atomic E-state index is 0.148. The van der Waals surface area contributed by atoms with E-state index in [2.05, 4.69) is 45.0 Å². The summed E-state index contributed by atoms with van der Waals surface area (Å²) in [6.07, 6.45) is 1.84. The molecule has 0 heterocycles. The zero-order chi connectivity index (χ0) is 14.7. The Morgan fingerprint density at radius 2 is 1.65 bits per heavy atom. The van der Waals surface area contributed by atoms with Gasteiger partial charge in [0.05, 0.1) is 0 Å². The van der Waals surface area contributed by atoms with Gasteiger partial charge in [0.25, 0.3) is 0 Å². The third kappa shape index (κ3) is 2.82. The van der Waals surface area contributed by atoms with Gasteiger partial charge in [-0.15, -0.1) is 0 Å². The number of ketones is 1. The Bertz CT molecular complexity index is 638. The zero-order valence-electron chi connectivity index (χ0n) is 12.8. The van der Waals surface area contributed by atoms with E-state index in [1.54, 1.807) is 0 Å². The maximum Gasteiger partial charge on any atom is 0.193 e. The largest absolute Gasteiger partial charge is 0.289 e. The van der Waals surface area contributed by atoms with Crippen molar-refractivity contribution < 1.29 is 4.79 Å². The highest BCUT2D eigenvalue weighted by Crippen LogP contribution is 2.20. The Labute approximate surface area is 121 Å². The van der Waals surface area contributed by atoms with Gasteiger partial charge in [-0.25, -0.2) is 0 Å². The molecule has 0 radical (unpaired) electrons. The Balaban J connectivity index is 2.51. The second kappa shape index (κ2) is 6.04. The molecule has 0 bridgehead atoms. The van der Waals surface area contributed by atoms with Crippen molar-refractivity contribution in [3.8, 4) is 0 Å². The lowest BCUT2D eigenvalue weighted by Gasteiger charge is -2.11. The molecule has 0 atom stereocenters. The second-order valence-corrected chi connectivity index (χ2v) is 5.35. The van der Waals surface area contributed by atoms with Gasteiger partial charge >= 0.3 is 0 Å². The third-order valence-corrected chi connectivity index (χ3v) is 3.83. The van der Waals surface area contributed by atoms with Crippen LogP contribution in [-0.4, -0.2) is 5.78 Å². The van der Waals surface area contributed by atoms with E-state index in [1.165, 1.54) is 11.1 Å². The Morgan fingerprint density at radius 1 is 0.900 bits per heavy atom. The Kier molecular flexibility index (Phi) is 4.39. The molecule has 104 valence electrons. The van der Waals surface area contributed by atoms with E-state index >= 15 is 0 Å². The van der Waals surface area contributed by atoms with E-state index in [0.29, 0.717) is 0 Å². The lowest BCUT2D eigenvalue weighted by Crippen LogP contribution is -2.08. The van der Waals surface area contributed by atoms with Crippen LogP contribution in [0.1, 0.15) is 52.0 Å². The molecule has 2 aromatic carbocycles. The molecule has 1 nitrogen and oxygen atoms in total. The van der Waals surface area contributed by atoms with Crippen LogP contribution in [0.15, 0.2) is 36.4 Å². The Hall–Kier alpha value is -1.89. The molecule has 0 saturated carbocycles. The molecule has 0 aliphatic rings. The molecule has 0 aliphatic heterocycles. The van der Waals surface area contributed by atoms with Gasteiger partial charge in [-0.3, -0.25) is 4.79 Å². The van der Waals surface area contributed by atoms with Crippen LogP contribution in [0.25, 0.3) is 0 Å². The minimum absolute atomic E-state index is 0.148. The predicted octanol–water partition coefficient (Wildman–Crippen LogP) is 4.66. The van der Waals surface area contributed by atoms with Crippen LogP contribution < -0.4 is 0 Å². The van der Waals surface area contributed by atoms with E-state index < -0.39 is 0 Å². The monoisotopic (exact) mass is 266 g/mol. The molecular weight excluding hydrogens is 244 g/mol. The van der Waals surface area contributed by atoms with Crippen molar-refractivity contribution in [2.45, 2.75) is 40.5 Å². The van der Waals surface area contributed by atoms with Crippen molar-refractivity contribution >= 4 is 5.78 Å². The molecule has 0 N–H and O–H groups in total. The SMILES string of the molecule is CCc1ccc(CC)c(C(=O)c2ccc(C)cc2C)c1. The van der Waals surface area contributed by atoms with Crippen LogP contribution in [0.5, 0.6) is 0 Å². The maximum atomic E-state index is 12.8. The fraction of sp³-hybridized carbons (Fsp3) is 0.316. The van der Waals surface area contributed by atoms with Gasteiger partial charge in [0.2, 0.25) is 0 Å². The first-order valence-corrected chi connectivity index (χ1v) is 7.30. The third-order valence-electron chi connectivity index (χ3n) is 3.83. The van der Waals surface area contributed by atoms with Crippen molar-refractivity contribution in [3.05, 3.63) is 69.8 Å². The molecule has 0 aliphatic carbocycles. The summed E-state index contributed by atoms with van der Waals surface area (Å²) in [6, 6.07) is 12.3. The van der Waals surface area contributed by atoms with Crippen molar-refractivity contribution in [3.63, 3.8) is 0 Å². The summed E-state index contributed by atoms with van der Waals surface area (Å²) in [4.78, 5) is 12.8. The van der Waals surface area contributed by atoms with Crippen molar-refractivity contribution in [1.29, 1.82) is 0 Å². The van der Waals surface area contributed by atoms with Crippen LogP contribution in [0, 0.1) is 13.8 Å². The molecule has 2 aromatic rings. The van der Waals surface area contributed by atoms with Gasteiger partial charge in [-0.1, -0.05) is 49.7 Å². The average Bonchev–Trinajstić information content (AvgIpc) is 2.46. The number of aryl methyl sites for hydroxylation is 4. The van der Waals surface area contributed by atoms with E-state index in [-0.39, 0.29) is 5.78 Å². The van der Waals surface area contributed by atoms with Gasteiger partial charge < -0.3 is 0 Å². The fourth-order valence-electron chi connectivity index (χ4n) is 2.58. The van der Waals surface area contributed by atoms with Gasteiger partial charge in [-0.2, -0.15) is 0 Å². The van der Waals surface area contributed by atoms with Crippen molar-refractivity contribution in [1.82, 2.24) is 0 Å². The highest BCUT2D eigenvalue weighted by molar-refractivity contribution is 6.10. The van der Waals surface area contributed by atoms with Crippen LogP contribution in [0.4, 0.5) is 0 Å². The van der Waals surface area contributed by atoms with Crippen LogP contribution in [0.2, 0.25) is 0 Å². The molecule has 0 unspecified atom stereocenters. The van der Waals surface area contributed by atoms with E-state index in [9.17, 15) is 4.79 Å². The lowest BCUT2D eigenvalue weighted by molar-refractivity contribution is 0.103. The molecule has 2 rings (SSSR count). The first-order valence-electron chi connectivity index (χ1n) is 7.30. The molecule has 0 fully saturated rings. The van der Waals surface area contributed by atoms with E-state index in [4.69, 9.17) is 0 Å². The predicted molar refractivity (Wildman–Crippen MR) is 84.5 cm³/mol. The number of benzene rings is 2. The Morgan fingerprint density at radius 3 is 2.25 bits per heavy atom. The molecule has 0 amide bonds. The number of hydrogen-bond donors (Lipinski definition) is 0. The van der Waals surface area contributed by atoms with Crippen molar-refractivity contribution in [2.24, 2.45) is 0 Å². The van der Waals surface area contributed by atoms with Gasteiger partial charge in [-0.05, 0) is 49.4 Å². The number of hydrogen-bond acceptors (Lipinski definition) is 1. The molecule has 0 aromatic heterocycles. The number of carbonyl (C=O) groups excluding carboxylic acids is 1. The summed E-state index contributed by atoms with van der Waals surface area (Å²) >= 11 is 0. The summed E-state index contributed by atoms with van der Waals surface area (Å²) in [5.41, 5.74) is 6.27. The minimum Gasteiger partial charge on any atom is -0.289 e. The number of carbonyl (C=O) groups is 1. The molecule has 0 saturated heterocycles. The topological polar surface area (TPSA) is 17.1 Å². The summed E-state index contributed by atoms with van der Waals surface area (Å²) in [6.45, 7) is 8.28. The normalized spacial score (nSPS) is 10.6. The first kappa shape index (κ1) is 14.5. The molecule has 0 spiro atoms. The van der Waals surface area contributed by atoms with Crippen molar-refractivity contribution in [2.75, 3.05) is 0 Å². The number of rotatable bonds is 4. The zero-order valence-corrected chi connectivity index (χ0v) is 12.8. The summed E-state index contributed by atoms with van der Waals surface area (Å²) in [5.74, 6) is 0.148.